The Hall–Kier alpha value is -2.82. The number of carbonyl (C=O) groups excluding carboxylic acids is 1. The van der Waals surface area contributed by atoms with E-state index >= 15 is 0 Å². The van der Waals surface area contributed by atoms with Gasteiger partial charge in [0.25, 0.3) is 0 Å². The molecule has 28 heavy (non-hydrogen) atoms. The van der Waals surface area contributed by atoms with Crippen molar-refractivity contribution in [3.05, 3.63) is 54.4 Å². The van der Waals surface area contributed by atoms with Crippen LogP contribution in [0.2, 0.25) is 0 Å². The molecule has 4 rings (SSSR count). The summed E-state index contributed by atoms with van der Waals surface area (Å²) in [4.78, 5) is 19.6. The van der Waals surface area contributed by atoms with Gasteiger partial charge < -0.3 is 14.2 Å². The number of amides is 1. The molecular formula is C23H27N3O2. The summed E-state index contributed by atoms with van der Waals surface area (Å²) < 4.78 is 7.65. The second kappa shape index (κ2) is 7.66. The topological polar surface area (TPSA) is 47.4 Å². The van der Waals surface area contributed by atoms with Gasteiger partial charge in [-0.1, -0.05) is 38.5 Å². The minimum absolute atomic E-state index is 0.0927. The molecule has 0 saturated carbocycles. The van der Waals surface area contributed by atoms with Crippen molar-refractivity contribution in [3.8, 4) is 5.75 Å². The van der Waals surface area contributed by atoms with Gasteiger partial charge in [-0.2, -0.15) is 0 Å². The van der Waals surface area contributed by atoms with Crippen molar-refractivity contribution in [2.24, 2.45) is 5.92 Å². The number of methoxy groups -OCH3 is 1. The highest BCUT2D eigenvalue weighted by Gasteiger charge is 2.35. The van der Waals surface area contributed by atoms with Gasteiger partial charge >= 0.3 is 0 Å². The molecule has 5 heteroatoms. The smallest absolute Gasteiger partial charge is 0.227 e. The largest absolute Gasteiger partial charge is 0.497 e. The highest BCUT2D eigenvalue weighted by Crippen LogP contribution is 2.34. The fourth-order valence-corrected chi connectivity index (χ4v) is 3.95. The molecule has 0 N–H and O–H groups in total. The summed E-state index contributed by atoms with van der Waals surface area (Å²) >= 11 is 0. The minimum Gasteiger partial charge on any atom is -0.497 e. The lowest BCUT2D eigenvalue weighted by atomic mass is 10.1. The van der Waals surface area contributed by atoms with Crippen molar-refractivity contribution in [2.45, 2.75) is 39.2 Å². The van der Waals surface area contributed by atoms with Crippen molar-refractivity contribution in [1.82, 2.24) is 9.55 Å². The van der Waals surface area contributed by atoms with Crippen LogP contribution in [-0.2, 0) is 11.3 Å². The van der Waals surface area contributed by atoms with E-state index in [9.17, 15) is 4.79 Å². The van der Waals surface area contributed by atoms with E-state index in [-0.39, 0.29) is 11.8 Å². The molecule has 0 aliphatic carbocycles. The van der Waals surface area contributed by atoms with E-state index in [1.807, 2.05) is 35.2 Å². The molecule has 2 aromatic carbocycles. The summed E-state index contributed by atoms with van der Waals surface area (Å²) in [6.07, 6.45) is 1.60. The lowest BCUT2D eigenvalue weighted by Gasteiger charge is -2.19. The molecule has 1 aliphatic rings. The maximum absolute atomic E-state index is 12.8. The molecule has 1 aliphatic heterocycles. The number of benzene rings is 2. The van der Waals surface area contributed by atoms with E-state index in [1.54, 1.807) is 7.11 Å². The summed E-state index contributed by atoms with van der Waals surface area (Å²) in [6, 6.07) is 16.0. The van der Waals surface area contributed by atoms with E-state index in [0.717, 1.165) is 41.3 Å². The van der Waals surface area contributed by atoms with Crippen molar-refractivity contribution < 1.29 is 9.53 Å². The number of ether oxygens (including phenoxy) is 1. The van der Waals surface area contributed by atoms with Gasteiger partial charge in [0.1, 0.15) is 11.6 Å². The maximum Gasteiger partial charge on any atom is 0.227 e. The zero-order valence-electron chi connectivity index (χ0n) is 16.8. The predicted octanol–water partition coefficient (Wildman–Crippen LogP) is 4.61. The van der Waals surface area contributed by atoms with Crippen LogP contribution in [-0.4, -0.2) is 29.1 Å². The van der Waals surface area contributed by atoms with Crippen LogP contribution < -0.4 is 9.64 Å². The second-order valence-corrected chi connectivity index (χ2v) is 7.69. The third kappa shape index (κ3) is 3.37. The quantitative estimate of drug-likeness (QED) is 0.630. The number of fused-ring (bicyclic) bond motifs is 1. The van der Waals surface area contributed by atoms with Crippen LogP contribution >= 0.6 is 0 Å². The molecule has 3 aromatic rings. The third-order valence-electron chi connectivity index (χ3n) is 5.73. The molecule has 1 amide bonds. The average Bonchev–Trinajstić information content (AvgIpc) is 3.28. The number of hydrogen-bond acceptors (Lipinski definition) is 3. The number of imidazole rings is 1. The molecule has 146 valence electrons. The Kier molecular flexibility index (Phi) is 5.07. The Labute approximate surface area is 165 Å². The number of hydrogen-bond donors (Lipinski definition) is 0. The number of anilines is 1. The van der Waals surface area contributed by atoms with Crippen LogP contribution in [0.15, 0.2) is 48.5 Å². The Bertz CT molecular complexity index is 994. The van der Waals surface area contributed by atoms with Crippen LogP contribution in [0.4, 0.5) is 5.69 Å². The molecule has 1 saturated heterocycles. The molecule has 1 aromatic heterocycles. The molecule has 2 atom stereocenters. The maximum atomic E-state index is 12.8. The SMILES string of the molecule is CC[C@H](C)Cn1c([C@@H]2CC(=O)N(c3cccc(OC)c3)C2)nc2ccccc21. The summed E-state index contributed by atoms with van der Waals surface area (Å²) in [6.45, 7) is 6.06. The lowest BCUT2D eigenvalue weighted by Crippen LogP contribution is -2.24. The highest BCUT2D eigenvalue weighted by atomic mass is 16.5. The number of nitrogens with zero attached hydrogens (tertiary/aromatic N) is 3. The van der Waals surface area contributed by atoms with Gasteiger partial charge in [0.2, 0.25) is 5.91 Å². The third-order valence-corrected chi connectivity index (χ3v) is 5.73. The predicted molar refractivity (Wildman–Crippen MR) is 112 cm³/mol. The van der Waals surface area contributed by atoms with Gasteiger partial charge in [0.15, 0.2) is 0 Å². The Morgan fingerprint density at radius 2 is 2.04 bits per heavy atom. The van der Waals surface area contributed by atoms with E-state index in [4.69, 9.17) is 9.72 Å². The number of carbonyl (C=O) groups is 1. The summed E-state index contributed by atoms with van der Waals surface area (Å²) in [5.41, 5.74) is 3.05. The molecule has 5 nitrogen and oxygen atoms in total. The molecule has 1 fully saturated rings. The van der Waals surface area contributed by atoms with Crippen LogP contribution in [0.3, 0.4) is 0 Å². The van der Waals surface area contributed by atoms with Gasteiger partial charge in [-0.25, -0.2) is 4.98 Å². The van der Waals surface area contributed by atoms with E-state index in [2.05, 4.69) is 36.6 Å². The number of aromatic nitrogens is 2. The van der Waals surface area contributed by atoms with Crippen molar-refractivity contribution >= 4 is 22.6 Å². The number of para-hydroxylation sites is 2. The van der Waals surface area contributed by atoms with Crippen LogP contribution in [0.5, 0.6) is 5.75 Å². The van der Waals surface area contributed by atoms with Gasteiger partial charge in [-0.3, -0.25) is 4.79 Å². The lowest BCUT2D eigenvalue weighted by molar-refractivity contribution is -0.117. The molecule has 0 bridgehead atoms. The van der Waals surface area contributed by atoms with Crippen molar-refractivity contribution in [1.29, 1.82) is 0 Å². The summed E-state index contributed by atoms with van der Waals surface area (Å²) in [7, 11) is 1.64. The van der Waals surface area contributed by atoms with Gasteiger partial charge in [-0.15, -0.1) is 0 Å². The van der Waals surface area contributed by atoms with Crippen LogP contribution in [0.25, 0.3) is 11.0 Å². The average molecular weight is 377 g/mol. The fraction of sp³-hybridized carbons (Fsp3) is 0.391. The first-order valence-corrected chi connectivity index (χ1v) is 10.00. The Morgan fingerprint density at radius 1 is 1.21 bits per heavy atom. The van der Waals surface area contributed by atoms with Gasteiger partial charge in [-0.05, 0) is 30.2 Å². The first kappa shape index (κ1) is 18.5. The normalized spacial score (nSPS) is 18.0. The summed E-state index contributed by atoms with van der Waals surface area (Å²) in [5.74, 6) is 2.58. The van der Waals surface area contributed by atoms with Crippen LogP contribution in [0.1, 0.15) is 38.4 Å². The monoisotopic (exact) mass is 377 g/mol. The first-order chi connectivity index (χ1) is 13.6. The second-order valence-electron chi connectivity index (χ2n) is 7.69. The fourth-order valence-electron chi connectivity index (χ4n) is 3.95. The van der Waals surface area contributed by atoms with Gasteiger partial charge in [0, 0.05) is 37.2 Å². The number of rotatable bonds is 6. The zero-order valence-corrected chi connectivity index (χ0v) is 16.8. The van der Waals surface area contributed by atoms with Crippen molar-refractivity contribution in [2.75, 3.05) is 18.6 Å². The van der Waals surface area contributed by atoms with Crippen LogP contribution in [0, 0.1) is 5.92 Å². The standard InChI is InChI=1S/C23H27N3O2/c1-4-16(2)14-26-21-11-6-5-10-20(21)24-23(26)17-12-22(27)25(15-17)18-8-7-9-19(13-18)28-3/h5-11,13,16-17H,4,12,14-15H2,1-3H3/t16-,17+/m0/s1. The molecule has 0 unspecified atom stereocenters. The van der Waals surface area contributed by atoms with Crippen molar-refractivity contribution in [3.63, 3.8) is 0 Å². The Balaban J connectivity index is 1.68. The molecular weight excluding hydrogens is 350 g/mol. The minimum atomic E-state index is 0.0927. The van der Waals surface area contributed by atoms with E-state index in [1.165, 1.54) is 0 Å². The Morgan fingerprint density at radius 3 is 2.82 bits per heavy atom. The zero-order chi connectivity index (χ0) is 19.7. The molecule has 0 radical (unpaired) electrons. The van der Waals surface area contributed by atoms with E-state index in [0.29, 0.717) is 18.9 Å². The summed E-state index contributed by atoms with van der Waals surface area (Å²) in [5, 5.41) is 0. The van der Waals surface area contributed by atoms with E-state index < -0.39 is 0 Å². The molecule has 0 spiro atoms. The molecule has 2 heterocycles. The van der Waals surface area contributed by atoms with Gasteiger partial charge in [0.05, 0.1) is 18.1 Å². The highest BCUT2D eigenvalue weighted by molar-refractivity contribution is 5.96. The first-order valence-electron chi connectivity index (χ1n) is 10.00.